The third-order valence-corrected chi connectivity index (χ3v) is 5.35. The molecule has 28 heavy (non-hydrogen) atoms. The quantitative estimate of drug-likeness (QED) is 0.605. The molecule has 0 aliphatic carbocycles. The summed E-state index contributed by atoms with van der Waals surface area (Å²) in [6, 6.07) is 14.5. The van der Waals surface area contributed by atoms with Crippen LogP contribution in [0.3, 0.4) is 0 Å². The fraction of sp³-hybridized carbons (Fsp3) is 0.318. The molecule has 1 aromatic heterocycles. The summed E-state index contributed by atoms with van der Waals surface area (Å²) < 4.78 is 21.5. The van der Waals surface area contributed by atoms with Gasteiger partial charge >= 0.3 is 0 Å². The van der Waals surface area contributed by atoms with Gasteiger partial charge in [-0.25, -0.2) is 4.57 Å². The van der Waals surface area contributed by atoms with Crippen molar-refractivity contribution in [3.63, 3.8) is 0 Å². The highest BCUT2D eigenvalue weighted by Gasteiger charge is 2.28. The predicted octanol–water partition coefficient (Wildman–Crippen LogP) is 0.552. The van der Waals surface area contributed by atoms with Gasteiger partial charge in [-0.05, 0) is 55.3 Å². The molecule has 0 N–H and O–H groups in total. The number of ether oxygens (including phenoxy) is 3. The Balaban J connectivity index is 0.00000192. The monoisotopic (exact) mass is 398 g/mol. The summed E-state index contributed by atoms with van der Waals surface area (Å²) >= 11 is 0. The predicted molar refractivity (Wildman–Crippen MR) is 102 cm³/mol. The fourth-order valence-electron chi connectivity index (χ4n) is 3.99. The zero-order chi connectivity index (χ0) is 18.2. The molecule has 6 heteroatoms. The largest absolute Gasteiger partial charge is 1.00 e. The highest BCUT2D eigenvalue weighted by atomic mass is 35.5. The number of benzene rings is 2. The van der Waals surface area contributed by atoms with Crippen molar-refractivity contribution in [3.8, 4) is 34.2 Å². The minimum Gasteiger partial charge on any atom is -1.00 e. The van der Waals surface area contributed by atoms with Gasteiger partial charge in [0.1, 0.15) is 30.8 Å². The van der Waals surface area contributed by atoms with Crippen molar-refractivity contribution >= 4 is 0 Å². The van der Waals surface area contributed by atoms with E-state index in [2.05, 4.69) is 39.6 Å². The Labute approximate surface area is 170 Å². The highest BCUT2D eigenvalue weighted by Crippen LogP contribution is 2.34. The summed E-state index contributed by atoms with van der Waals surface area (Å²) in [5.74, 6) is 3.88. The SMILES string of the molecule is COc1ccc(-n2cc(-c3ccc4c(c3)OCCO4)[n+]3c2CCCC3)cc1.[Cl-]. The molecule has 146 valence electrons. The first-order chi connectivity index (χ1) is 13.3. The van der Waals surface area contributed by atoms with Gasteiger partial charge in [0, 0.05) is 12.0 Å². The van der Waals surface area contributed by atoms with Gasteiger partial charge in [0.2, 0.25) is 0 Å². The van der Waals surface area contributed by atoms with E-state index < -0.39 is 0 Å². The number of halogens is 1. The van der Waals surface area contributed by atoms with Crippen LogP contribution in [-0.4, -0.2) is 24.9 Å². The molecule has 0 saturated carbocycles. The van der Waals surface area contributed by atoms with Gasteiger partial charge in [-0.2, -0.15) is 4.57 Å². The van der Waals surface area contributed by atoms with E-state index in [9.17, 15) is 0 Å². The van der Waals surface area contributed by atoms with Gasteiger partial charge in [-0.3, -0.25) is 0 Å². The number of hydrogen-bond donors (Lipinski definition) is 0. The van der Waals surface area contributed by atoms with Crippen molar-refractivity contribution in [2.45, 2.75) is 25.8 Å². The summed E-state index contributed by atoms with van der Waals surface area (Å²) in [6.07, 6.45) is 5.76. The van der Waals surface area contributed by atoms with Crippen LogP contribution in [-0.2, 0) is 13.0 Å². The fourth-order valence-corrected chi connectivity index (χ4v) is 3.99. The molecule has 2 aliphatic rings. The van der Waals surface area contributed by atoms with Crippen LogP contribution in [0.25, 0.3) is 16.9 Å². The minimum absolute atomic E-state index is 0. The number of imidazole rings is 1. The lowest BCUT2D eigenvalue weighted by molar-refractivity contribution is -0.698. The third kappa shape index (κ3) is 3.20. The molecular formula is C22H23ClN2O3. The molecule has 0 radical (unpaired) electrons. The van der Waals surface area contributed by atoms with Gasteiger partial charge in [0.25, 0.3) is 5.82 Å². The lowest BCUT2D eigenvalue weighted by atomic mass is 10.1. The Morgan fingerprint density at radius 1 is 0.964 bits per heavy atom. The molecule has 3 aromatic rings. The Kier molecular flexibility index (Phi) is 5.18. The van der Waals surface area contributed by atoms with Gasteiger partial charge in [-0.15, -0.1) is 0 Å². The topological polar surface area (TPSA) is 36.5 Å². The van der Waals surface area contributed by atoms with Crippen LogP contribution < -0.4 is 31.2 Å². The molecule has 0 spiro atoms. The molecule has 0 fully saturated rings. The van der Waals surface area contributed by atoms with Crippen LogP contribution in [0.4, 0.5) is 0 Å². The van der Waals surface area contributed by atoms with E-state index >= 15 is 0 Å². The van der Waals surface area contributed by atoms with Crippen LogP contribution in [0, 0.1) is 0 Å². The highest BCUT2D eigenvalue weighted by molar-refractivity contribution is 5.62. The second-order valence-electron chi connectivity index (χ2n) is 6.97. The van der Waals surface area contributed by atoms with Crippen molar-refractivity contribution in [3.05, 3.63) is 54.5 Å². The molecular weight excluding hydrogens is 376 g/mol. The van der Waals surface area contributed by atoms with Gasteiger partial charge in [0.15, 0.2) is 17.2 Å². The van der Waals surface area contributed by atoms with Crippen LogP contribution in [0.15, 0.2) is 48.7 Å². The average Bonchev–Trinajstić information content (AvgIpc) is 3.13. The van der Waals surface area contributed by atoms with Crippen LogP contribution in [0.5, 0.6) is 17.2 Å². The molecule has 2 aromatic carbocycles. The van der Waals surface area contributed by atoms with E-state index in [0.29, 0.717) is 13.2 Å². The first-order valence-electron chi connectivity index (χ1n) is 9.52. The maximum atomic E-state index is 5.79. The van der Waals surface area contributed by atoms with Crippen molar-refractivity contribution in [2.75, 3.05) is 20.3 Å². The molecule has 5 nitrogen and oxygen atoms in total. The summed E-state index contributed by atoms with van der Waals surface area (Å²) in [7, 11) is 1.70. The molecule has 0 unspecified atom stereocenters. The van der Waals surface area contributed by atoms with E-state index in [4.69, 9.17) is 14.2 Å². The van der Waals surface area contributed by atoms with E-state index in [1.165, 1.54) is 24.4 Å². The van der Waals surface area contributed by atoms with Crippen LogP contribution >= 0.6 is 0 Å². The molecule has 0 amide bonds. The molecule has 2 aliphatic heterocycles. The number of aromatic nitrogens is 2. The molecule has 5 rings (SSSR count). The summed E-state index contributed by atoms with van der Waals surface area (Å²) in [6.45, 7) is 2.27. The summed E-state index contributed by atoms with van der Waals surface area (Å²) in [5, 5.41) is 0. The van der Waals surface area contributed by atoms with E-state index in [-0.39, 0.29) is 12.4 Å². The number of fused-ring (bicyclic) bond motifs is 2. The minimum atomic E-state index is 0. The van der Waals surface area contributed by atoms with E-state index in [1.54, 1.807) is 7.11 Å². The first kappa shape index (κ1) is 18.7. The maximum absolute atomic E-state index is 5.79. The summed E-state index contributed by atoms with van der Waals surface area (Å²) in [5.41, 5.74) is 3.54. The van der Waals surface area contributed by atoms with Crippen LogP contribution in [0.1, 0.15) is 18.7 Å². The molecule has 0 bridgehead atoms. The Hall–Kier alpha value is -2.66. The van der Waals surface area contributed by atoms with Crippen molar-refractivity contribution in [2.24, 2.45) is 0 Å². The Morgan fingerprint density at radius 2 is 1.75 bits per heavy atom. The zero-order valence-corrected chi connectivity index (χ0v) is 16.6. The van der Waals surface area contributed by atoms with E-state index in [0.717, 1.165) is 41.5 Å². The van der Waals surface area contributed by atoms with Gasteiger partial charge in [-0.1, -0.05) is 0 Å². The number of nitrogens with zero attached hydrogens (tertiary/aromatic N) is 2. The van der Waals surface area contributed by atoms with Crippen molar-refractivity contribution < 1.29 is 31.2 Å². The van der Waals surface area contributed by atoms with Crippen LogP contribution in [0.2, 0.25) is 0 Å². The average molecular weight is 399 g/mol. The Morgan fingerprint density at radius 3 is 2.54 bits per heavy atom. The molecule has 3 heterocycles. The normalized spacial score (nSPS) is 14.8. The van der Waals surface area contributed by atoms with E-state index in [1.807, 2.05) is 18.2 Å². The number of hydrogen-bond acceptors (Lipinski definition) is 3. The molecule has 0 saturated heterocycles. The standard InChI is InChI=1S/C22H23N2O3.ClH/c1-25-18-8-6-17(7-9-18)24-15-19(23-11-3-2-4-22(23)24)16-5-10-20-21(14-16)27-13-12-26-20;/h5-10,14-15H,2-4,11-13H2,1H3;1H/q+1;/p-1. The lowest BCUT2D eigenvalue weighted by Gasteiger charge is -2.18. The van der Waals surface area contributed by atoms with Crippen molar-refractivity contribution in [1.82, 2.24) is 4.57 Å². The summed E-state index contributed by atoms with van der Waals surface area (Å²) in [4.78, 5) is 0. The second kappa shape index (κ2) is 7.76. The second-order valence-corrected chi connectivity index (χ2v) is 6.97. The van der Waals surface area contributed by atoms with Gasteiger partial charge in [0.05, 0.1) is 13.7 Å². The molecule has 0 atom stereocenters. The number of methoxy groups -OCH3 is 1. The Bertz CT molecular complexity index is 982. The third-order valence-electron chi connectivity index (χ3n) is 5.35. The van der Waals surface area contributed by atoms with Crippen molar-refractivity contribution in [1.29, 1.82) is 0 Å². The van der Waals surface area contributed by atoms with Gasteiger partial charge < -0.3 is 26.6 Å². The zero-order valence-electron chi connectivity index (χ0n) is 15.9. The maximum Gasteiger partial charge on any atom is 0.262 e. The number of rotatable bonds is 3. The smallest absolute Gasteiger partial charge is 0.262 e. The first-order valence-corrected chi connectivity index (χ1v) is 9.52. The lowest BCUT2D eigenvalue weighted by Crippen LogP contribution is -3.00.